The van der Waals surface area contributed by atoms with Crippen LogP contribution in [0.15, 0.2) is 96.6 Å². The molecule has 0 radical (unpaired) electrons. The van der Waals surface area contributed by atoms with Crippen LogP contribution in [0.2, 0.25) is 0 Å². The van der Waals surface area contributed by atoms with E-state index in [2.05, 4.69) is 19.1 Å². The molecule has 0 fully saturated rings. The first kappa shape index (κ1) is 22.4. The van der Waals surface area contributed by atoms with E-state index < -0.39 is 11.2 Å². The quantitative estimate of drug-likeness (QED) is 0.325. The molecular weight excluding hydrogens is 470 g/mol. The minimum atomic E-state index is -0.654. The van der Waals surface area contributed by atoms with Crippen LogP contribution in [-0.2, 0) is 12.8 Å². The molecule has 0 spiro atoms. The average Bonchev–Trinajstić information content (AvgIpc) is 2.87. The highest BCUT2D eigenvalue weighted by atomic mass is 32.2. The molecule has 5 aromatic rings. The second kappa shape index (κ2) is 8.57. The lowest BCUT2D eigenvalue weighted by atomic mass is 9.84. The summed E-state index contributed by atoms with van der Waals surface area (Å²) in [6, 6.07) is 22.9. The van der Waals surface area contributed by atoms with Crippen LogP contribution >= 0.6 is 11.8 Å². The van der Waals surface area contributed by atoms with Gasteiger partial charge in [-0.15, -0.1) is 0 Å². The van der Waals surface area contributed by atoms with Gasteiger partial charge in [0.05, 0.1) is 5.69 Å². The first-order valence-electron chi connectivity index (χ1n) is 11.8. The molecule has 6 heteroatoms. The molecule has 0 bridgehead atoms. The minimum absolute atomic E-state index is 0.00765. The van der Waals surface area contributed by atoms with Crippen LogP contribution in [0.1, 0.15) is 22.3 Å². The zero-order chi connectivity index (χ0) is 25.0. The van der Waals surface area contributed by atoms with Gasteiger partial charge in [0.2, 0.25) is 0 Å². The predicted molar refractivity (Wildman–Crippen MR) is 143 cm³/mol. The smallest absolute Gasteiger partial charge is 0.354 e. The molecule has 2 aromatic heterocycles. The van der Waals surface area contributed by atoms with E-state index in [4.69, 9.17) is 4.42 Å². The van der Waals surface area contributed by atoms with Crippen LogP contribution in [0.3, 0.4) is 0 Å². The molecule has 36 heavy (non-hydrogen) atoms. The molecule has 2 heterocycles. The third-order valence-corrected chi connectivity index (χ3v) is 7.81. The van der Waals surface area contributed by atoms with Gasteiger partial charge in [-0.3, -0.25) is 9.36 Å². The van der Waals surface area contributed by atoms with E-state index in [-0.39, 0.29) is 21.6 Å². The predicted octanol–water partition coefficient (Wildman–Crippen LogP) is 6.18. The Kier molecular flexibility index (Phi) is 5.34. The Labute approximate surface area is 211 Å². The fourth-order valence-corrected chi connectivity index (χ4v) is 6.05. The molecule has 0 amide bonds. The summed E-state index contributed by atoms with van der Waals surface area (Å²) in [4.78, 5) is 28.0. The van der Waals surface area contributed by atoms with Gasteiger partial charge in [0.15, 0.2) is 11.3 Å². The zero-order valence-corrected chi connectivity index (χ0v) is 20.7. The number of nitrogens with zero attached hydrogens (tertiary/aromatic N) is 1. The van der Waals surface area contributed by atoms with Crippen LogP contribution in [0, 0.1) is 13.8 Å². The van der Waals surface area contributed by atoms with Gasteiger partial charge in [-0.25, -0.2) is 4.79 Å². The van der Waals surface area contributed by atoms with Crippen molar-refractivity contribution >= 4 is 22.7 Å². The van der Waals surface area contributed by atoms with Gasteiger partial charge in [0, 0.05) is 21.7 Å². The summed E-state index contributed by atoms with van der Waals surface area (Å²) in [5.74, 6) is -0.334. The summed E-state index contributed by atoms with van der Waals surface area (Å²) in [7, 11) is 0. The number of aromatic nitrogens is 1. The molecule has 6 rings (SSSR count). The molecular formula is C30H23NO4S. The molecule has 5 nitrogen and oxygen atoms in total. The maximum absolute atomic E-state index is 14.1. The van der Waals surface area contributed by atoms with Crippen molar-refractivity contribution in [2.75, 3.05) is 0 Å². The van der Waals surface area contributed by atoms with E-state index in [0.717, 1.165) is 45.5 Å². The van der Waals surface area contributed by atoms with Crippen molar-refractivity contribution in [2.45, 2.75) is 36.5 Å². The van der Waals surface area contributed by atoms with Crippen molar-refractivity contribution in [2.24, 2.45) is 0 Å². The van der Waals surface area contributed by atoms with Crippen LogP contribution in [-0.4, -0.2) is 9.67 Å². The van der Waals surface area contributed by atoms with E-state index in [1.807, 2.05) is 67.6 Å². The topological polar surface area (TPSA) is 72.4 Å². The fraction of sp³-hybridized carbons (Fsp3) is 0.133. The molecule has 1 N–H and O–H groups in total. The SMILES string of the molecule is Cc1cc(C)c2c(c1)-c1c(c3oc(=O)c(Sc4ccccc4)c(O)c3c(=O)n1-c1ccccc1)CC2. The summed E-state index contributed by atoms with van der Waals surface area (Å²) in [5.41, 5.74) is 5.67. The monoisotopic (exact) mass is 493 g/mol. The lowest BCUT2D eigenvalue weighted by Crippen LogP contribution is -2.26. The minimum Gasteiger partial charge on any atom is -0.505 e. The van der Waals surface area contributed by atoms with Crippen LogP contribution in [0.4, 0.5) is 0 Å². The van der Waals surface area contributed by atoms with Gasteiger partial charge < -0.3 is 9.52 Å². The number of rotatable bonds is 3. The maximum Gasteiger partial charge on any atom is 0.354 e. The van der Waals surface area contributed by atoms with Crippen molar-refractivity contribution in [3.8, 4) is 22.7 Å². The van der Waals surface area contributed by atoms with Gasteiger partial charge in [0.25, 0.3) is 5.56 Å². The summed E-state index contributed by atoms with van der Waals surface area (Å²) in [6.07, 6.45) is 1.34. The Hall–Kier alpha value is -4.03. The van der Waals surface area contributed by atoms with E-state index >= 15 is 0 Å². The van der Waals surface area contributed by atoms with E-state index in [1.165, 1.54) is 11.1 Å². The highest BCUT2D eigenvalue weighted by Gasteiger charge is 2.30. The van der Waals surface area contributed by atoms with Crippen molar-refractivity contribution in [3.05, 3.63) is 116 Å². The highest BCUT2D eigenvalue weighted by Crippen LogP contribution is 2.42. The lowest BCUT2D eigenvalue weighted by molar-refractivity contribution is 0.445. The molecule has 0 saturated heterocycles. The summed E-state index contributed by atoms with van der Waals surface area (Å²) >= 11 is 1.09. The van der Waals surface area contributed by atoms with Gasteiger partial charge >= 0.3 is 5.63 Å². The number of para-hydroxylation sites is 1. The first-order chi connectivity index (χ1) is 17.4. The third-order valence-electron chi connectivity index (χ3n) is 6.73. The number of fused-ring (bicyclic) bond motifs is 5. The number of hydrogen-bond donors (Lipinski definition) is 1. The van der Waals surface area contributed by atoms with E-state index in [0.29, 0.717) is 12.1 Å². The van der Waals surface area contributed by atoms with Gasteiger partial charge in [-0.2, -0.15) is 0 Å². The second-order valence-electron chi connectivity index (χ2n) is 9.10. The molecule has 0 saturated carbocycles. The largest absolute Gasteiger partial charge is 0.505 e. The van der Waals surface area contributed by atoms with Gasteiger partial charge in [-0.05, 0) is 68.1 Å². The van der Waals surface area contributed by atoms with E-state index in [1.54, 1.807) is 4.57 Å². The Bertz CT molecular complexity index is 1770. The Morgan fingerprint density at radius 3 is 2.28 bits per heavy atom. The van der Waals surface area contributed by atoms with Crippen molar-refractivity contribution < 1.29 is 9.52 Å². The Morgan fingerprint density at radius 2 is 1.56 bits per heavy atom. The zero-order valence-electron chi connectivity index (χ0n) is 19.9. The number of aromatic hydroxyl groups is 1. The third kappa shape index (κ3) is 3.48. The lowest BCUT2D eigenvalue weighted by Gasteiger charge is -2.27. The Morgan fingerprint density at radius 1 is 0.889 bits per heavy atom. The molecule has 1 aliphatic carbocycles. The molecule has 3 aromatic carbocycles. The molecule has 178 valence electrons. The van der Waals surface area contributed by atoms with Crippen LogP contribution in [0.5, 0.6) is 5.75 Å². The number of benzene rings is 3. The molecule has 0 atom stereocenters. The number of hydrogen-bond acceptors (Lipinski definition) is 5. The summed E-state index contributed by atoms with van der Waals surface area (Å²) in [5, 5.41) is 11.4. The first-order valence-corrected chi connectivity index (χ1v) is 12.6. The standard InChI is InChI=1S/C30H23NO4S/c1-17-15-18(2)21-13-14-22-25(23(21)16-17)31(19-9-5-3-6-10-19)29(33)24-26(32)28(30(34)35-27(22)24)36-20-11-7-4-8-12-20/h3-12,15-16,32H,13-14H2,1-2H3. The second-order valence-corrected chi connectivity index (χ2v) is 10.2. The normalized spacial score (nSPS) is 12.4. The average molecular weight is 494 g/mol. The van der Waals surface area contributed by atoms with Crippen molar-refractivity contribution in [3.63, 3.8) is 0 Å². The molecule has 0 aliphatic heterocycles. The number of aryl methyl sites for hydroxylation is 3. The molecule has 1 aliphatic rings. The van der Waals surface area contributed by atoms with Gasteiger partial charge in [0.1, 0.15) is 10.3 Å². The summed E-state index contributed by atoms with van der Waals surface area (Å²) < 4.78 is 7.50. The van der Waals surface area contributed by atoms with Crippen molar-refractivity contribution in [1.29, 1.82) is 0 Å². The van der Waals surface area contributed by atoms with Crippen LogP contribution in [0.25, 0.3) is 27.9 Å². The summed E-state index contributed by atoms with van der Waals surface area (Å²) in [6.45, 7) is 4.12. The Balaban J connectivity index is 1.74. The van der Waals surface area contributed by atoms with E-state index in [9.17, 15) is 14.7 Å². The number of pyridine rings is 1. The van der Waals surface area contributed by atoms with Gasteiger partial charge in [-0.1, -0.05) is 59.8 Å². The fourth-order valence-electron chi connectivity index (χ4n) is 5.20. The highest BCUT2D eigenvalue weighted by molar-refractivity contribution is 7.99. The molecule has 0 unspecified atom stereocenters. The van der Waals surface area contributed by atoms with Crippen LogP contribution < -0.4 is 11.2 Å². The maximum atomic E-state index is 14.1. The van der Waals surface area contributed by atoms with Crippen molar-refractivity contribution in [1.82, 2.24) is 4.57 Å².